The Morgan fingerprint density at radius 3 is 2.14 bits per heavy atom. The highest BCUT2D eigenvalue weighted by atomic mass is 16.5. The van der Waals surface area contributed by atoms with Crippen LogP contribution in [-0.2, 0) is 0 Å². The lowest BCUT2D eigenvalue weighted by Gasteiger charge is -2.19. The quantitative estimate of drug-likeness (QED) is 0.651. The van der Waals surface area contributed by atoms with Gasteiger partial charge in [0, 0.05) is 36.8 Å². The first-order valence-corrected chi connectivity index (χ1v) is 8.92. The van der Waals surface area contributed by atoms with Gasteiger partial charge in [-0.05, 0) is 18.2 Å². The Bertz CT molecular complexity index is 967. The predicted molar refractivity (Wildman–Crippen MR) is 113 cm³/mol. The lowest BCUT2D eigenvalue weighted by Crippen LogP contribution is -2.15. The molecule has 1 heterocycles. The van der Waals surface area contributed by atoms with Gasteiger partial charge < -0.3 is 24.4 Å². The molecule has 0 fully saturated rings. The van der Waals surface area contributed by atoms with Crippen molar-refractivity contribution in [3.8, 4) is 17.2 Å². The van der Waals surface area contributed by atoms with Crippen molar-refractivity contribution in [1.82, 2.24) is 4.98 Å². The molecular weight excluding hydrogens is 370 g/mol. The zero-order valence-corrected chi connectivity index (χ0v) is 16.8. The van der Waals surface area contributed by atoms with Gasteiger partial charge in [-0.25, -0.2) is 0 Å². The number of nitrogens with one attached hydrogen (secondary N) is 1. The third-order valence-electron chi connectivity index (χ3n) is 4.44. The largest absolute Gasteiger partial charge is 0.493 e. The molecule has 0 spiro atoms. The maximum atomic E-state index is 12.8. The Labute approximate surface area is 169 Å². The average Bonchev–Trinajstić information content (AvgIpc) is 2.78. The maximum Gasteiger partial charge on any atom is 0.257 e. The van der Waals surface area contributed by atoms with Crippen LogP contribution in [0.1, 0.15) is 10.4 Å². The summed E-state index contributed by atoms with van der Waals surface area (Å²) in [5.41, 5.74) is 2.75. The summed E-state index contributed by atoms with van der Waals surface area (Å²) in [4.78, 5) is 19.0. The van der Waals surface area contributed by atoms with E-state index in [0.717, 1.165) is 11.4 Å². The monoisotopic (exact) mass is 393 g/mol. The molecule has 0 aliphatic rings. The minimum Gasteiger partial charge on any atom is -0.493 e. The van der Waals surface area contributed by atoms with E-state index in [9.17, 15) is 4.79 Å². The first-order chi connectivity index (χ1) is 14.1. The van der Waals surface area contributed by atoms with E-state index in [2.05, 4.69) is 10.3 Å². The number of para-hydroxylation sites is 1. The molecule has 1 N–H and O–H groups in total. The number of pyridine rings is 1. The summed E-state index contributed by atoms with van der Waals surface area (Å²) < 4.78 is 16.0. The summed E-state index contributed by atoms with van der Waals surface area (Å²) in [5.74, 6) is 1.08. The third-order valence-corrected chi connectivity index (χ3v) is 4.44. The summed E-state index contributed by atoms with van der Waals surface area (Å²) >= 11 is 0. The highest BCUT2D eigenvalue weighted by Crippen LogP contribution is 2.40. The molecule has 0 radical (unpaired) electrons. The van der Waals surface area contributed by atoms with E-state index in [0.29, 0.717) is 28.5 Å². The second-order valence-corrected chi connectivity index (χ2v) is 6.19. The Hall–Kier alpha value is -3.74. The molecule has 150 valence electrons. The molecule has 0 unspecified atom stereocenters. The van der Waals surface area contributed by atoms with Crippen LogP contribution in [0.5, 0.6) is 17.2 Å². The van der Waals surface area contributed by atoms with E-state index in [1.54, 1.807) is 24.4 Å². The number of carbonyl (C=O) groups excluding carboxylic acids is 1. The van der Waals surface area contributed by atoms with Crippen molar-refractivity contribution in [3.05, 3.63) is 66.5 Å². The van der Waals surface area contributed by atoms with E-state index in [4.69, 9.17) is 14.2 Å². The summed E-state index contributed by atoms with van der Waals surface area (Å²) in [6, 6.07) is 15.0. The van der Waals surface area contributed by atoms with Gasteiger partial charge in [0.2, 0.25) is 5.75 Å². The van der Waals surface area contributed by atoms with Gasteiger partial charge in [0.05, 0.1) is 38.8 Å². The van der Waals surface area contributed by atoms with Gasteiger partial charge in [0.25, 0.3) is 5.91 Å². The lowest BCUT2D eigenvalue weighted by molar-refractivity contribution is 0.102. The number of aromatic nitrogens is 1. The molecule has 0 atom stereocenters. The first kappa shape index (κ1) is 20.0. The first-order valence-electron chi connectivity index (χ1n) is 8.92. The van der Waals surface area contributed by atoms with Gasteiger partial charge in [-0.3, -0.25) is 9.78 Å². The van der Waals surface area contributed by atoms with E-state index >= 15 is 0 Å². The Balaban J connectivity index is 1.85. The number of nitrogens with zero attached hydrogens (tertiary/aromatic N) is 2. The van der Waals surface area contributed by atoms with Crippen LogP contribution in [0.4, 0.5) is 17.1 Å². The maximum absolute atomic E-state index is 12.8. The van der Waals surface area contributed by atoms with Crippen LogP contribution in [0.3, 0.4) is 0 Å². The van der Waals surface area contributed by atoms with Crippen molar-refractivity contribution in [2.24, 2.45) is 0 Å². The third kappa shape index (κ3) is 4.40. The molecule has 1 amide bonds. The van der Waals surface area contributed by atoms with Crippen molar-refractivity contribution in [3.63, 3.8) is 0 Å². The van der Waals surface area contributed by atoms with Crippen molar-refractivity contribution in [2.75, 3.05) is 38.6 Å². The van der Waals surface area contributed by atoms with Crippen LogP contribution in [0.25, 0.3) is 0 Å². The number of hydrogen-bond donors (Lipinski definition) is 1. The van der Waals surface area contributed by atoms with E-state index in [1.165, 1.54) is 27.5 Å². The van der Waals surface area contributed by atoms with E-state index in [1.807, 2.05) is 42.3 Å². The smallest absolute Gasteiger partial charge is 0.257 e. The second-order valence-electron chi connectivity index (χ2n) is 6.19. The molecule has 0 aliphatic carbocycles. The molecule has 0 saturated heterocycles. The van der Waals surface area contributed by atoms with Crippen LogP contribution in [0.2, 0.25) is 0 Å². The molecule has 29 heavy (non-hydrogen) atoms. The summed E-state index contributed by atoms with van der Waals surface area (Å²) in [6.45, 7) is 0. The zero-order chi connectivity index (χ0) is 20.8. The molecule has 1 aromatic heterocycles. The van der Waals surface area contributed by atoms with Crippen LogP contribution in [0, 0.1) is 0 Å². The van der Waals surface area contributed by atoms with Crippen molar-refractivity contribution < 1.29 is 19.0 Å². The number of methoxy groups -OCH3 is 3. The summed E-state index contributed by atoms with van der Waals surface area (Å²) in [7, 11) is 6.50. The fraction of sp³-hybridized carbons (Fsp3) is 0.182. The highest BCUT2D eigenvalue weighted by molar-refractivity contribution is 6.05. The SMILES string of the molecule is COc1cc(NC(=O)c2cncc(N(C)c3ccccc3)c2)cc(OC)c1OC. The molecule has 0 saturated carbocycles. The van der Waals surface area contributed by atoms with Crippen molar-refractivity contribution >= 4 is 23.0 Å². The standard InChI is InChI=1S/C22H23N3O4/c1-25(17-8-6-5-7-9-17)18-10-15(13-23-14-18)22(26)24-16-11-19(27-2)21(29-4)20(12-16)28-3/h5-14H,1-4H3,(H,24,26). The topological polar surface area (TPSA) is 72.9 Å². The number of hydrogen-bond acceptors (Lipinski definition) is 6. The number of ether oxygens (including phenoxy) is 3. The van der Waals surface area contributed by atoms with Crippen LogP contribution < -0.4 is 24.4 Å². The molecule has 7 nitrogen and oxygen atoms in total. The lowest BCUT2D eigenvalue weighted by atomic mass is 10.2. The molecular formula is C22H23N3O4. The van der Waals surface area contributed by atoms with E-state index in [-0.39, 0.29) is 5.91 Å². The van der Waals surface area contributed by atoms with Gasteiger partial charge in [0.1, 0.15) is 0 Å². The van der Waals surface area contributed by atoms with Gasteiger partial charge in [0.15, 0.2) is 11.5 Å². The number of carbonyl (C=O) groups is 1. The number of benzene rings is 2. The fourth-order valence-electron chi connectivity index (χ4n) is 2.89. The molecule has 7 heteroatoms. The molecule has 3 rings (SSSR count). The molecule has 0 aliphatic heterocycles. The molecule has 0 bridgehead atoms. The summed E-state index contributed by atoms with van der Waals surface area (Å²) in [6.07, 6.45) is 3.23. The minimum atomic E-state index is -0.296. The highest BCUT2D eigenvalue weighted by Gasteiger charge is 2.16. The van der Waals surface area contributed by atoms with Gasteiger partial charge in [-0.1, -0.05) is 18.2 Å². The van der Waals surface area contributed by atoms with Gasteiger partial charge in [-0.2, -0.15) is 0 Å². The van der Waals surface area contributed by atoms with E-state index < -0.39 is 0 Å². The van der Waals surface area contributed by atoms with Crippen molar-refractivity contribution in [1.29, 1.82) is 0 Å². The minimum absolute atomic E-state index is 0.296. The second kappa shape index (κ2) is 8.97. The van der Waals surface area contributed by atoms with Gasteiger partial charge >= 0.3 is 0 Å². The predicted octanol–water partition coefficient (Wildman–Crippen LogP) is 4.13. The Kier molecular flexibility index (Phi) is 6.19. The Morgan fingerprint density at radius 2 is 1.55 bits per heavy atom. The zero-order valence-electron chi connectivity index (χ0n) is 16.8. The van der Waals surface area contributed by atoms with Gasteiger partial charge in [-0.15, -0.1) is 0 Å². The average molecular weight is 393 g/mol. The van der Waals surface area contributed by atoms with Crippen molar-refractivity contribution in [2.45, 2.75) is 0 Å². The van der Waals surface area contributed by atoms with Crippen LogP contribution in [0.15, 0.2) is 60.9 Å². The normalized spacial score (nSPS) is 10.2. The number of amides is 1. The number of rotatable bonds is 7. The van der Waals surface area contributed by atoms with Crippen LogP contribution in [-0.4, -0.2) is 39.3 Å². The van der Waals surface area contributed by atoms with Crippen LogP contribution >= 0.6 is 0 Å². The summed E-state index contributed by atoms with van der Waals surface area (Å²) in [5, 5.41) is 2.85. The number of anilines is 3. The Morgan fingerprint density at radius 1 is 0.897 bits per heavy atom. The fourth-order valence-corrected chi connectivity index (χ4v) is 2.89. The molecule has 3 aromatic rings. The molecule has 2 aromatic carbocycles.